The van der Waals surface area contributed by atoms with Crippen LogP contribution in [0.15, 0.2) is 34.9 Å². The molecule has 1 aromatic carbocycles. The van der Waals surface area contributed by atoms with Gasteiger partial charge in [-0.2, -0.15) is 0 Å². The van der Waals surface area contributed by atoms with Gasteiger partial charge in [0, 0.05) is 5.56 Å². The van der Waals surface area contributed by atoms with Gasteiger partial charge in [0.1, 0.15) is 11.5 Å². The van der Waals surface area contributed by atoms with Gasteiger partial charge >= 0.3 is 0 Å². The maximum absolute atomic E-state index is 6.01. The lowest BCUT2D eigenvalue weighted by Gasteiger charge is -2.20. The van der Waals surface area contributed by atoms with Crippen molar-refractivity contribution < 1.29 is 13.9 Å². The van der Waals surface area contributed by atoms with Crippen molar-refractivity contribution in [2.75, 3.05) is 14.2 Å². The smallest absolute Gasteiger partial charge is 0.198 e. The number of hydrogen-bond donors (Lipinski definition) is 2. The summed E-state index contributed by atoms with van der Waals surface area (Å²) in [4.78, 5) is 0. The van der Waals surface area contributed by atoms with Crippen LogP contribution in [-0.2, 0) is 0 Å². The first kappa shape index (κ1) is 13.7. The quantitative estimate of drug-likeness (QED) is 0.651. The number of ether oxygens (including phenoxy) is 2. The molecule has 0 amide bonds. The predicted octanol–water partition coefficient (Wildman–Crippen LogP) is 2.50. The first-order valence-electron chi connectivity index (χ1n) is 5.62. The molecule has 6 heteroatoms. The first-order valence-corrected chi connectivity index (χ1v) is 6.00. The topological polar surface area (TPSA) is 69.7 Å². The lowest BCUT2D eigenvalue weighted by Crippen LogP contribution is -2.29. The Hall–Kier alpha value is -1.69. The molecule has 0 spiro atoms. The molecule has 5 nitrogen and oxygen atoms in total. The lowest BCUT2D eigenvalue weighted by atomic mass is 9.99. The zero-order valence-corrected chi connectivity index (χ0v) is 11.4. The molecule has 102 valence electrons. The van der Waals surface area contributed by atoms with Crippen molar-refractivity contribution >= 4 is 11.6 Å². The van der Waals surface area contributed by atoms with Gasteiger partial charge < -0.3 is 13.9 Å². The first-order chi connectivity index (χ1) is 9.22. The number of nitrogens with two attached hydrogens (primary N) is 1. The summed E-state index contributed by atoms with van der Waals surface area (Å²) in [6.07, 6.45) is 1.50. The van der Waals surface area contributed by atoms with Crippen LogP contribution < -0.4 is 20.7 Å². The summed E-state index contributed by atoms with van der Waals surface area (Å²) in [5.41, 5.74) is 4.18. The summed E-state index contributed by atoms with van der Waals surface area (Å²) >= 11 is 6.01. The van der Waals surface area contributed by atoms with Crippen LogP contribution >= 0.6 is 11.6 Å². The molecule has 0 fully saturated rings. The molecule has 2 aromatic rings. The fourth-order valence-electron chi connectivity index (χ4n) is 2.00. The second-order valence-electron chi connectivity index (χ2n) is 3.83. The van der Waals surface area contributed by atoms with Crippen LogP contribution in [0.5, 0.6) is 11.5 Å². The van der Waals surface area contributed by atoms with Gasteiger partial charge in [0.25, 0.3) is 0 Å². The lowest BCUT2D eigenvalue weighted by molar-refractivity contribution is 0.377. The van der Waals surface area contributed by atoms with Crippen LogP contribution in [-0.4, -0.2) is 14.2 Å². The molecular formula is C13H15ClN2O3. The molecule has 0 saturated heterocycles. The van der Waals surface area contributed by atoms with E-state index >= 15 is 0 Å². The number of furan rings is 1. The highest BCUT2D eigenvalue weighted by Gasteiger charge is 2.24. The SMILES string of the molecule is COc1cccc(OC)c1C(NN)c1ccoc1Cl. The van der Waals surface area contributed by atoms with E-state index in [2.05, 4.69) is 5.43 Å². The molecule has 0 aliphatic rings. The maximum Gasteiger partial charge on any atom is 0.198 e. The fraction of sp³-hybridized carbons (Fsp3) is 0.231. The molecule has 19 heavy (non-hydrogen) atoms. The summed E-state index contributed by atoms with van der Waals surface area (Å²) in [6, 6.07) is 6.86. The molecule has 0 aliphatic heterocycles. The van der Waals surface area contributed by atoms with Gasteiger partial charge in [-0.3, -0.25) is 5.84 Å². The zero-order valence-electron chi connectivity index (χ0n) is 10.6. The van der Waals surface area contributed by atoms with E-state index in [0.29, 0.717) is 17.1 Å². The van der Waals surface area contributed by atoms with E-state index in [4.69, 9.17) is 31.3 Å². The molecule has 1 atom stereocenters. The number of benzene rings is 1. The van der Waals surface area contributed by atoms with Gasteiger partial charge in [-0.1, -0.05) is 6.07 Å². The molecule has 3 N–H and O–H groups in total. The second-order valence-corrected chi connectivity index (χ2v) is 4.17. The molecular weight excluding hydrogens is 268 g/mol. The zero-order chi connectivity index (χ0) is 13.8. The van der Waals surface area contributed by atoms with Gasteiger partial charge in [0.15, 0.2) is 5.22 Å². The van der Waals surface area contributed by atoms with Crippen molar-refractivity contribution in [2.45, 2.75) is 6.04 Å². The number of nitrogens with one attached hydrogen (secondary N) is 1. The second kappa shape index (κ2) is 5.97. The van der Waals surface area contributed by atoms with Crippen LogP contribution in [0.3, 0.4) is 0 Å². The van der Waals surface area contributed by atoms with E-state index in [0.717, 1.165) is 5.56 Å². The third kappa shape index (κ3) is 2.53. The van der Waals surface area contributed by atoms with E-state index in [1.54, 1.807) is 20.3 Å². The van der Waals surface area contributed by atoms with Crippen molar-refractivity contribution in [1.82, 2.24) is 5.43 Å². The summed E-state index contributed by atoms with van der Waals surface area (Å²) in [5, 5.41) is 0.274. The largest absolute Gasteiger partial charge is 0.496 e. The summed E-state index contributed by atoms with van der Waals surface area (Å²) in [5.74, 6) is 6.96. The minimum absolute atomic E-state index is 0.274. The Balaban J connectivity index is 2.57. The number of hydrazine groups is 1. The minimum atomic E-state index is -0.391. The molecule has 0 saturated carbocycles. The Labute approximate surface area is 116 Å². The molecule has 0 bridgehead atoms. The number of methoxy groups -OCH3 is 2. The van der Waals surface area contributed by atoms with Gasteiger partial charge in [-0.25, -0.2) is 5.43 Å². The maximum atomic E-state index is 6.01. The molecule has 2 rings (SSSR count). The Morgan fingerprint density at radius 2 is 1.84 bits per heavy atom. The molecule has 1 heterocycles. The van der Waals surface area contributed by atoms with Crippen LogP contribution in [0.25, 0.3) is 0 Å². The molecule has 0 aliphatic carbocycles. The third-order valence-electron chi connectivity index (χ3n) is 2.88. The Bertz CT molecular complexity index is 534. The number of rotatable bonds is 5. The Morgan fingerprint density at radius 3 is 2.26 bits per heavy atom. The van der Waals surface area contributed by atoms with Crippen molar-refractivity contribution in [3.8, 4) is 11.5 Å². The van der Waals surface area contributed by atoms with Crippen LogP contribution in [0.2, 0.25) is 5.22 Å². The minimum Gasteiger partial charge on any atom is -0.496 e. The van der Waals surface area contributed by atoms with E-state index in [9.17, 15) is 0 Å². The Morgan fingerprint density at radius 1 is 1.21 bits per heavy atom. The summed E-state index contributed by atoms with van der Waals surface area (Å²) in [6.45, 7) is 0. The highest BCUT2D eigenvalue weighted by atomic mass is 35.5. The van der Waals surface area contributed by atoms with Crippen molar-refractivity contribution in [3.63, 3.8) is 0 Å². The molecule has 1 aromatic heterocycles. The monoisotopic (exact) mass is 282 g/mol. The molecule has 0 radical (unpaired) electrons. The van der Waals surface area contributed by atoms with Gasteiger partial charge in [-0.05, 0) is 29.8 Å². The molecule has 1 unspecified atom stereocenters. The van der Waals surface area contributed by atoms with Crippen molar-refractivity contribution in [1.29, 1.82) is 0 Å². The van der Waals surface area contributed by atoms with Crippen LogP contribution in [0.4, 0.5) is 0 Å². The van der Waals surface area contributed by atoms with Crippen LogP contribution in [0.1, 0.15) is 17.2 Å². The standard InChI is InChI=1S/C13H15ClN2O3/c1-17-9-4-3-5-10(18-2)11(9)12(16-15)8-6-7-19-13(8)14/h3-7,12,16H,15H2,1-2H3. The summed E-state index contributed by atoms with van der Waals surface area (Å²) < 4.78 is 15.8. The summed E-state index contributed by atoms with van der Waals surface area (Å²) in [7, 11) is 3.17. The normalized spacial score (nSPS) is 12.2. The highest BCUT2D eigenvalue weighted by molar-refractivity contribution is 6.29. The van der Waals surface area contributed by atoms with Gasteiger partial charge in [-0.15, -0.1) is 0 Å². The number of halogens is 1. The van der Waals surface area contributed by atoms with E-state index in [1.165, 1.54) is 6.26 Å². The van der Waals surface area contributed by atoms with Gasteiger partial charge in [0.05, 0.1) is 32.1 Å². The third-order valence-corrected chi connectivity index (χ3v) is 3.19. The van der Waals surface area contributed by atoms with E-state index < -0.39 is 6.04 Å². The van der Waals surface area contributed by atoms with Gasteiger partial charge in [0.2, 0.25) is 0 Å². The Kier molecular flexibility index (Phi) is 4.31. The fourth-order valence-corrected chi connectivity index (χ4v) is 2.23. The van der Waals surface area contributed by atoms with Crippen molar-refractivity contribution in [2.24, 2.45) is 5.84 Å². The van der Waals surface area contributed by atoms with Crippen LogP contribution in [0, 0.1) is 0 Å². The van der Waals surface area contributed by atoms with E-state index in [-0.39, 0.29) is 5.22 Å². The number of hydrogen-bond acceptors (Lipinski definition) is 5. The van der Waals surface area contributed by atoms with E-state index in [1.807, 2.05) is 18.2 Å². The average Bonchev–Trinajstić information content (AvgIpc) is 2.86. The highest BCUT2D eigenvalue weighted by Crippen LogP contribution is 2.39. The predicted molar refractivity (Wildman–Crippen MR) is 72.4 cm³/mol. The average molecular weight is 283 g/mol. The van der Waals surface area contributed by atoms with Crippen molar-refractivity contribution in [3.05, 3.63) is 46.9 Å².